The normalized spacial score (nSPS) is 13.0. The van der Waals surface area contributed by atoms with E-state index < -0.39 is 0 Å². The molecule has 6 heteroatoms. The summed E-state index contributed by atoms with van der Waals surface area (Å²) in [6.07, 6.45) is 0. The molecule has 3 aromatic heterocycles. The molecular formula is C54H36N4OS. The second-order valence-electron chi connectivity index (χ2n) is 16.0. The van der Waals surface area contributed by atoms with Crippen molar-refractivity contribution in [1.82, 2.24) is 15.0 Å². The predicted molar refractivity (Wildman–Crippen MR) is 249 cm³/mol. The van der Waals surface area contributed by atoms with Crippen LogP contribution in [0.3, 0.4) is 0 Å². The van der Waals surface area contributed by atoms with Crippen molar-refractivity contribution in [3.05, 3.63) is 193 Å². The maximum Gasteiger partial charge on any atom is 0.164 e. The van der Waals surface area contributed by atoms with E-state index in [0.717, 1.165) is 55.7 Å². The van der Waals surface area contributed by atoms with Gasteiger partial charge in [0, 0.05) is 70.1 Å². The summed E-state index contributed by atoms with van der Waals surface area (Å²) >= 11 is 1.84. The van der Waals surface area contributed by atoms with E-state index in [2.05, 4.69) is 140 Å². The molecule has 60 heavy (non-hydrogen) atoms. The Labute approximate surface area is 350 Å². The Balaban J connectivity index is 1.00. The summed E-state index contributed by atoms with van der Waals surface area (Å²) in [6, 6.07) is 64.4. The van der Waals surface area contributed by atoms with Crippen molar-refractivity contribution in [1.29, 1.82) is 0 Å². The van der Waals surface area contributed by atoms with Gasteiger partial charge in [-0.15, -0.1) is 11.3 Å². The minimum absolute atomic E-state index is 0.131. The topological polar surface area (TPSA) is 55.1 Å². The third kappa shape index (κ3) is 5.49. The fraction of sp³-hybridized carbons (Fsp3) is 0.0556. The lowest BCUT2D eigenvalue weighted by Gasteiger charge is -2.28. The third-order valence-electron chi connectivity index (χ3n) is 12.1. The predicted octanol–water partition coefficient (Wildman–Crippen LogP) is 14.9. The molecule has 8 aromatic carbocycles. The van der Waals surface area contributed by atoms with Gasteiger partial charge >= 0.3 is 0 Å². The average Bonchev–Trinajstić information content (AvgIpc) is 3.93. The monoisotopic (exact) mass is 788 g/mol. The van der Waals surface area contributed by atoms with E-state index in [1.807, 2.05) is 72.0 Å². The zero-order valence-corrected chi connectivity index (χ0v) is 33.7. The Bertz CT molecular complexity index is 3420. The summed E-state index contributed by atoms with van der Waals surface area (Å²) in [5.74, 6) is 1.85. The zero-order valence-electron chi connectivity index (χ0n) is 32.9. The van der Waals surface area contributed by atoms with Crippen molar-refractivity contribution < 1.29 is 4.42 Å². The Morgan fingerprint density at radius 1 is 0.417 bits per heavy atom. The molecule has 0 aliphatic heterocycles. The number of nitrogens with zero attached hydrogens (tertiary/aromatic N) is 4. The van der Waals surface area contributed by atoms with Crippen LogP contribution in [0.1, 0.15) is 25.0 Å². The maximum absolute atomic E-state index is 6.62. The van der Waals surface area contributed by atoms with E-state index in [1.54, 1.807) is 0 Å². The molecule has 0 N–H and O–H groups in total. The van der Waals surface area contributed by atoms with Gasteiger partial charge in [-0.25, -0.2) is 15.0 Å². The van der Waals surface area contributed by atoms with Crippen LogP contribution in [0.5, 0.6) is 0 Å². The molecule has 0 atom stereocenters. The van der Waals surface area contributed by atoms with Crippen molar-refractivity contribution in [2.45, 2.75) is 19.3 Å². The number of benzene rings is 8. The number of hydrogen-bond acceptors (Lipinski definition) is 6. The minimum Gasteiger partial charge on any atom is -0.456 e. The molecule has 1 aliphatic rings. The smallest absolute Gasteiger partial charge is 0.164 e. The molecule has 0 amide bonds. The summed E-state index contributed by atoms with van der Waals surface area (Å²) in [6.45, 7) is 4.68. The number of aromatic nitrogens is 3. The molecule has 1 aliphatic carbocycles. The summed E-state index contributed by atoms with van der Waals surface area (Å²) < 4.78 is 9.18. The van der Waals surface area contributed by atoms with Gasteiger partial charge in [-0.3, -0.25) is 0 Å². The molecular weight excluding hydrogens is 753 g/mol. The summed E-state index contributed by atoms with van der Waals surface area (Å²) in [7, 11) is 0. The Kier molecular flexibility index (Phi) is 7.68. The molecule has 3 heterocycles. The van der Waals surface area contributed by atoms with Crippen LogP contribution in [-0.2, 0) is 5.41 Å². The molecule has 0 saturated heterocycles. The highest BCUT2D eigenvalue weighted by atomic mass is 32.1. The summed E-state index contributed by atoms with van der Waals surface area (Å²) in [4.78, 5) is 17.2. The Morgan fingerprint density at radius 2 is 1.00 bits per heavy atom. The number of hydrogen-bond donors (Lipinski definition) is 0. The quantitative estimate of drug-likeness (QED) is 0.168. The fourth-order valence-corrected chi connectivity index (χ4v) is 10.3. The highest BCUT2D eigenvalue weighted by Gasteiger charge is 2.36. The van der Waals surface area contributed by atoms with Crippen molar-refractivity contribution >= 4 is 70.5 Å². The van der Waals surface area contributed by atoms with Crippen molar-refractivity contribution in [2.24, 2.45) is 0 Å². The van der Waals surface area contributed by atoms with Crippen LogP contribution < -0.4 is 4.90 Å². The van der Waals surface area contributed by atoms with Crippen LogP contribution in [0.15, 0.2) is 186 Å². The first-order chi connectivity index (χ1) is 29.5. The van der Waals surface area contributed by atoms with E-state index in [9.17, 15) is 0 Å². The van der Waals surface area contributed by atoms with Gasteiger partial charge in [0.15, 0.2) is 17.5 Å². The average molecular weight is 789 g/mol. The van der Waals surface area contributed by atoms with Crippen LogP contribution in [0.25, 0.3) is 87.4 Å². The lowest BCUT2D eigenvalue weighted by molar-refractivity contribution is 0.660. The molecule has 0 spiro atoms. The molecule has 0 fully saturated rings. The second-order valence-corrected chi connectivity index (χ2v) is 17.1. The van der Waals surface area contributed by atoms with E-state index in [4.69, 9.17) is 19.4 Å². The van der Waals surface area contributed by atoms with E-state index >= 15 is 0 Å². The molecule has 284 valence electrons. The lowest BCUT2D eigenvalue weighted by atomic mass is 9.82. The number of furan rings is 1. The van der Waals surface area contributed by atoms with Crippen molar-refractivity contribution in [3.8, 4) is 45.3 Å². The number of fused-ring (bicyclic) bond motifs is 9. The fourth-order valence-electron chi connectivity index (χ4n) is 9.11. The Morgan fingerprint density at radius 3 is 1.78 bits per heavy atom. The number of rotatable bonds is 6. The van der Waals surface area contributed by atoms with Gasteiger partial charge in [0.05, 0.1) is 0 Å². The lowest BCUT2D eigenvalue weighted by Crippen LogP contribution is -2.16. The van der Waals surface area contributed by atoms with Gasteiger partial charge in [0.25, 0.3) is 0 Å². The van der Waals surface area contributed by atoms with Crippen LogP contribution in [0.2, 0.25) is 0 Å². The van der Waals surface area contributed by atoms with Crippen LogP contribution in [0.4, 0.5) is 17.1 Å². The highest BCUT2D eigenvalue weighted by Crippen LogP contribution is 2.51. The van der Waals surface area contributed by atoms with Gasteiger partial charge in [-0.05, 0) is 82.9 Å². The first kappa shape index (κ1) is 34.6. The largest absolute Gasteiger partial charge is 0.456 e. The van der Waals surface area contributed by atoms with Crippen LogP contribution >= 0.6 is 11.3 Å². The number of anilines is 3. The third-order valence-corrected chi connectivity index (χ3v) is 13.3. The molecule has 0 bridgehead atoms. The van der Waals surface area contributed by atoms with E-state index in [-0.39, 0.29) is 5.41 Å². The van der Waals surface area contributed by atoms with Gasteiger partial charge < -0.3 is 9.32 Å². The summed E-state index contributed by atoms with van der Waals surface area (Å²) in [5, 5.41) is 4.65. The van der Waals surface area contributed by atoms with Gasteiger partial charge in [-0.1, -0.05) is 135 Å². The standard InChI is InChI=1S/C54H36N4OS/c1-54(2)45-19-11-9-17-39(45)40-26-22-37(31-46(40)54)58(38-23-27-43-42-18-10-12-20-49(42)60-50(43)32-38)36-24-28-47-44(30-36)41-25-21-35(29-48(41)59-47)53-56-51(33-13-5-3-6-14-33)55-52(57-53)34-15-7-4-8-16-34/h3-32H,1-2H3. The number of thiophene rings is 1. The second kappa shape index (κ2) is 13.3. The zero-order chi connectivity index (χ0) is 40.0. The van der Waals surface area contributed by atoms with Gasteiger partial charge in [-0.2, -0.15) is 0 Å². The minimum atomic E-state index is -0.131. The SMILES string of the molecule is CC1(C)c2ccccc2-c2ccc(N(c3ccc4c(c3)sc3ccccc34)c3ccc4oc5cc(-c6nc(-c7ccccc7)nc(-c7ccccc7)n6)ccc5c4c3)cc21. The van der Waals surface area contributed by atoms with Crippen LogP contribution in [-0.4, -0.2) is 15.0 Å². The molecule has 12 rings (SSSR count). The maximum atomic E-state index is 6.62. The van der Waals surface area contributed by atoms with E-state index in [0.29, 0.717) is 17.5 Å². The summed E-state index contributed by atoms with van der Waals surface area (Å²) in [5.41, 5.74) is 12.8. The molecule has 5 nitrogen and oxygen atoms in total. The Hall–Kier alpha value is -7.41. The van der Waals surface area contributed by atoms with Crippen LogP contribution in [0, 0.1) is 0 Å². The molecule has 11 aromatic rings. The van der Waals surface area contributed by atoms with E-state index in [1.165, 1.54) is 42.4 Å². The van der Waals surface area contributed by atoms with Crippen molar-refractivity contribution in [2.75, 3.05) is 4.90 Å². The molecule has 0 saturated carbocycles. The molecule has 0 radical (unpaired) electrons. The first-order valence-corrected chi connectivity index (χ1v) is 21.1. The first-order valence-electron chi connectivity index (χ1n) is 20.3. The highest BCUT2D eigenvalue weighted by molar-refractivity contribution is 7.25. The van der Waals surface area contributed by atoms with Gasteiger partial charge in [0.2, 0.25) is 0 Å². The van der Waals surface area contributed by atoms with Crippen molar-refractivity contribution in [3.63, 3.8) is 0 Å². The molecule has 0 unspecified atom stereocenters. The van der Waals surface area contributed by atoms with Gasteiger partial charge in [0.1, 0.15) is 11.2 Å².